The van der Waals surface area contributed by atoms with Crippen molar-refractivity contribution in [2.75, 3.05) is 42.6 Å². The summed E-state index contributed by atoms with van der Waals surface area (Å²) in [6.45, 7) is 1.94. The minimum atomic E-state index is -1.08. The average Bonchev–Trinajstić information content (AvgIpc) is 3.08. The van der Waals surface area contributed by atoms with E-state index in [4.69, 9.17) is 25.4 Å². The number of rotatable bonds is 6. The summed E-state index contributed by atoms with van der Waals surface area (Å²) in [4.78, 5) is 46.0. The van der Waals surface area contributed by atoms with Crippen molar-refractivity contribution in [1.82, 2.24) is 0 Å². The number of aliphatic carboxylic acids is 2. The third-order valence-corrected chi connectivity index (χ3v) is 4.15. The third kappa shape index (κ3) is 6.43. The molecule has 0 bridgehead atoms. The van der Waals surface area contributed by atoms with Gasteiger partial charge < -0.3 is 30.3 Å². The number of hydrogen-bond acceptors (Lipinski definition) is 7. The predicted molar refractivity (Wildman–Crippen MR) is 101 cm³/mol. The molecule has 2 saturated heterocycles. The summed E-state index contributed by atoms with van der Waals surface area (Å²) in [5.74, 6) is -2.21. The standard InChI is InChI=1S/C14H17N3O4.C4H6O4/c15-7-12-8-17(14(19)21-12)11-3-1-10(2-4-11)16-5-6-20-9-13(16)18;5-3(6)1-2-4(7)8/h1-4,12H,5-9,15H2;1-2H2,(H,5,6)(H,7,8)/t12-;/m0./s1. The minimum Gasteiger partial charge on any atom is -0.481 e. The molecule has 0 spiro atoms. The van der Waals surface area contributed by atoms with E-state index in [1.54, 1.807) is 21.9 Å². The van der Waals surface area contributed by atoms with E-state index >= 15 is 0 Å². The van der Waals surface area contributed by atoms with E-state index in [0.29, 0.717) is 26.2 Å². The number of nitrogens with two attached hydrogens (primary N) is 1. The van der Waals surface area contributed by atoms with Crippen LogP contribution in [0.2, 0.25) is 0 Å². The van der Waals surface area contributed by atoms with Gasteiger partial charge in [0.2, 0.25) is 0 Å². The number of carbonyl (C=O) groups excluding carboxylic acids is 2. The Morgan fingerprint density at radius 1 is 1.03 bits per heavy atom. The van der Waals surface area contributed by atoms with Crippen molar-refractivity contribution in [3.63, 3.8) is 0 Å². The Hall–Kier alpha value is -3.18. The first-order valence-electron chi connectivity index (χ1n) is 8.91. The van der Waals surface area contributed by atoms with Crippen LogP contribution in [0.4, 0.5) is 16.2 Å². The molecule has 3 rings (SSSR count). The van der Waals surface area contributed by atoms with Crippen LogP contribution in [0.1, 0.15) is 12.8 Å². The molecule has 2 aliphatic heterocycles. The summed E-state index contributed by atoms with van der Waals surface area (Å²) < 4.78 is 10.2. The molecule has 29 heavy (non-hydrogen) atoms. The van der Waals surface area contributed by atoms with Gasteiger partial charge in [-0.25, -0.2) is 4.79 Å². The van der Waals surface area contributed by atoms with Crippen LogP contribution in [0.5, 0.6) is 0 Å². The average molecular weight is 409 g/mol. The zero-order valence-electron chi connectivity index (χ0n) is 15.7. The summed E-state index contributed by atoms with van der Waals surface area (Å²) in [6, 6.07) is 7.25. The van der Waals surface area contributed by atoms with Crippen LogP contribution in [0.3, 0.4) is 0 Å². The highest BCUT2D eigenvalue weighted by Gasteiger charge is 2.31. The predicted octanol–water partition coefficient (Wildman–Crippen LogP) is 0.270. The highest BCUT2D eigenvalue weighted by Crippen LogP contribution is 2.25. The lowest BCUT2D eigenvalue weighted by Crippen LogP contribution is -2.41. The van der Waals surface area contributed by atoms with E-state index in [1.807, 2.05) is 12.1 Å². The lowest BCUT2D eigenvalue weighted by atomic mass is 10.2. The fourth-order valence-corrected chi connectivity index (χ4v) is 2.67. The summed E-state index contributed by atoms with van der Waals surface area (Å²) in [6.07, 6.45) is -1.25. The Morgan fingerprint density at radius 2 is 1.59 bits per heavy atom. The Bertz CT molecular complexity index is 738. The molecule has 2 fully saturated rings. The molecule has 2 aliphatic rings. The van der Waals surface area contributed by atoms with Crippen LogP contribution in [0.25, 0.3) is 0 Å². The quantitative estimate of drug-likeness (QED) is 0.599. The van der Waals surface area contributed by atoms with Gasteiger partial charge in [0.25, 0.3) is 5.91 Å². The third-order valence-electron chi connectivity index (χ3n) is 4.15. The molecule has 1 atom stereocenters. The lowest BCUT2D eigenvalue weighted by molar-refractivity contribution is -0.143. The van der Waals surface area contributed by atoms with Crippen molar-refractivity contribution in [3.8, 4) is 0 Å². The molecule has 158 valence electrons. The van der Waals surface area contributed by atoms with Crippen molar-refractivity contribution in [2.24, 2.45) is 5.73 Å². The molecular weight excluding hydrogens is 386 g/mol. The van der Waals surface area contributed by atoms with E-state index in [-0.39, 0.29) is 37.6 Å². The molecule has 4 N–H and O–H groups in total. The van der Waals surface area contributed by atoms with Gasteiger partial charge in [0.05, 0.1) is 26.0 Å². The van der Waals surface area contributed by atoms with Crippen molar-refractivity contribution in [1.29, 1.82) is 0 Å². The molecule has 2 heterocycles. The fraction of sp³-hybridized carbons (Fsp3) is 0.444. The Balaban J connectivity index is 0.000000321. The topological polar surface area (TPSA) is 160 Å². The van der Waals surface area contributed by atoms with Gasteiger partial charge in [-0.2, -0.15) is 0 Å². The van der Waals surface area contributed by atoms with Crippen LogP contribution in [-0.4, -0.2) is 73.1 Å². The molecule has 1 aromatic carbocycles. The summed E-state index contributed by atoms with van der Waals surface area (Å²) in [7, 11) is 0. The molecule has 11 heteroatoms. The SMILES string of the molecule is NC[C@H]1CN(c2ccc(N3CCOCC3=O)cc2)C(=O)O1.O=C(O)CCC(=O)O. The van der Waals surface area contributed by atoms with Gasteiger partial charge in [-0.15, -0.1) is 0 Å². The number of benzene rings is 1. The molecule has 0 saturated carbocycles. The second-order valence-electron chi connectivity index (χ2n) is 6.25. The maximum atomic E-state index is 11.8. The maximum absolute atomic E-state index is 11.8. The van der Waals surface area contributed by atoms with E-state index in [2.05, 4.69) is 0 Å². The van der Waals surface area contributed by atoms with Gasteiger partial charge >= 0.3 is 18.0 Å². The van der Waals surface area contributed by atoms with Crippen LogP contribution in [-0.2, 0) is 23.9 Å². The summed E-state index contributed by atoms with van der Waals surface area (Å²) in [5, 5.41) is 15.8. The van der Waals surface area contributed by atoms with E-state index in [9.17, 15) is 19.2 Å². The van der Waals surface area contributed by atoms with Gasteiger partial charge in [0, 0.05) is 24.5 Å². The first-order valence-corrected chi connectivity index (χ1v) is 8.91. The largest absolute Gasteiger partial charge is 0.481 e. The van der Waals surface area contributed by atoms with E-state index in [0.717, 1.165) is 11.4 Å². The lowest BCUT2D eigenvalue weighted by Gasteiger charge is -2.27. The molecule has 0 radical (unpaired) electrons. The van der Waals surface area contributed by atoms with E-state index < -0.39 is 11.9 Å². The monoisotopic (exact) mass is 409 g/mol. The number of amides is 2. The smallest absolute Gasteiger partial charge is 0.414 e. The Kier molecular flexibility index (Phi) is 7.92. The molecule has 2 amide bonds. The number of carboxylic acids is 2. The number of morpholine rings is 1. The van der Waals surface area contributed by atoms with Crippen LogP contribution in [0.15, 0.2) is 24.3 Å². The van der Waals surface area contributed by atoms with Crippen molar-refractivity contribution in [3.05, 3.63) is 24.3 Å². The van der Waals surface area contributed by atoms with Gasteiger partial charge in [-0.05, 0) is 24.3 Å². The van der Waals surface area contributed by atoms with Gasteiger partial charge in [0.1, 0.15) is 12.7 Å². The van der Waals surface area contributed by atoms with Gasteiger partial charge in [-0.3, -0.25) is 19.3 Å². The number of anilines is 2. The molecule has 11 nitrogen and oxygen atoms in total. The van der Waals surface area contributed by atoms with Gasteiger partial charge in [-0.1, -0.05) is 0 Å². The zero-order valence-corrected chi connectivity index (χ0v) is 15.7. The Labute approximate surface area is 166 Å². The van der Waals surface area contributed by atoms with Crippen molar-refractivity contribution < 1.29 is 38.9 Å². The number of carboxylic acid groups (broad SMARTS) is 2. The maximum Gasteiger partial charge on any atom is 0.414 e. The summed E-state index contributed by atoms with van der Waals surface area (Å²) in [5.41, 5.74) is 7.05. The highest BCUT2D eigenvalue weighted by atomic mass is 16.6. The minimum absolute atomic E-state index is 0.0576. The molecule has 1 aromatic rings. The van der Waals surface area contributed by atoms with Crippen LogP contribution >= 0.6 is 0 Å². The molecular formula is C18H23N3O8. The molecule has 0 unspecified atom stereocenters. The van der Waals surface area contributed by atoms with Crippen LogP contribution in [0, 0.1) is 0 Å². The van der Waals surface area contributed by atoms with Crippen molar-refractivity contribution >= 4 is 35.3 Å². The number of hydrogen-bond donors (Lipinski definition) is 3. The molecule has 0 aliphatic carbocycles. The normalized spacial score (nSPS) is 18.7. The van der Waals surface area contributed by atoms with Crippen molar-refractivity contribution in [2.45, 2.75) is 18.9 Å². The number of ether oxygens (including phenoxy) is 2. The number of cyclic esters (lactones) is 1. The Morgan fingerprint density at radius 3 is 2.03 bits per heavy atom. The molecule has 0 aromatic heterocycles. The zero-order chi connectivity index (χ0) is 21.4. The first-order chi connectivity index (χ1) is 13.8. The van der Waals surface area contributed by atoms with Crippen LogP contribution < -0.4 is 15.5 Å². The highest BCUT2D eigenvalue weighted by molar-refractivity contribution is 5.95. The van der Waals surface area contributed by atoms with Gasteiger partial charge in [0.15, 0.2) is 0 Å². The number of carbonyl (C=O) groups is 4. The second kappa shape index (κ2) is 10.4. The fourth-order valence-electron chi connectivity index (χ4n) is 2.67. The number of nitrogens with zero attached hydrogens (tertiary/aromatic N) is 2. The summed E-state index contributed by atoms with van der Waals surface area (Å²) >= 11 is 0. The second-order valence-corrected chi connectivity index (χ2v) is 6.25. The first kappa shape index (κ1) is 22.1. The van der Waals surface area contributed by atoms with E-state index in [1.165, 1.54) is 0 Å².